The molecule has 9 heteroatoms. The highest BCUT2D eigenvalue weighted by atomic mass is 32.2. The van der Waals surface area contributed by atoms with Crippen LogP contribution in [0.1, 0.15) is 15.5 Å². The van der Waals surface area contributed by atoms with Crippen LogP contribution in [0, 0.1) is 0 Å². The predicted octanol–water partition coefficient (Wildman–Crippen LogP) is 0.162. The fourth-order valence-corrected chi connectivity index (χ4v) is 5.28. The number of nitrogens with zero attached hydrogens (tertiary/aromatic N) is 2. The standard InChI is InChI=1S/C10H15N3O3S3/c1-19(15,16)9-6-17-3-2-13(9)10(14)7-5-18-8(4-11)12-7/h5,9H,2-4,6,11H2,1H3. The van der Waals surface area contributed by atoms with Crippen LogP contribution in [-0.4, -0.2) is 53.9 Å². The average Bonchev–Trinajstić information content (AvgIpc) is 2.85. The summed E-state index contributed by atoms with van der Waals surface area (Å²) in [4.78, 5) is 17.9. The average molecular weight is 321 g/mol. The molecule has 2 N–H and O–H groups in total. The van der Waals surface area contributed by atoms with E-state index in [1.54, 1.807) is 17.1 Å². The van der Waals surface area contributed by atoms with Gasteiger partial charge in [0.05, 0.1) is 0 Å². The molecule has 1 aliphatic heterocycles. The Morgan fingerprint density at radius 1 is 1.63 bits per heavy atom. The molecule has 0 spiro atoms. The lowest BCUT2D eigenvalue weighted by Gasteiger charge is -2.33. The highest BCUT2D eigenvalue weighted by Gasteiger charge is 2.35. The number of thioether (sulfide) groups is 1. The minimum absolute atomic E-state index is 0.281. The third-order valence-corrected chi connectivity index (χ3v) is 6.30. The van der Waals surface area contributed by atoms with Crippen LogP contribution >= 0.6 is 23.1 Å². The van der Waals surface area contributed by atoms with Crippen molar-refractivity contribution in [1.29, 1.82) is 0 Å². The molecular formula is C10H15N3O3S3. The van der Waals surface area contributed by atoms with E-state index in [1.807, 2.05) is 0 Å². The van der Waals surface area contributed by atoms with Gasteiger partial charge in [0, 0.05) is 36.2 Å². The molecule has 1 aromatic heterocycles. The number of rotatable bonds is 3. The Bertz CT molecular complexity index is 570. The second kappa shape index (κ2) is 5.78. The number of thiazole rings is 1. The van der Waals surface area contributed by atoms with Gasteiger partial charge in [0.1, 0.15) is 16.1 Å². The van der Waals surface area contributed by atoms with E-state index >= 15 is 0 Å². The van der Waals surface area contributed by atoms with Gasteiger partial charge in [-0.25, -0.2) is 13.4 Å². The molecule has 0 bridgehead atoms. The summed E-state index contributed by atoms with van der Waals surface area (Å²) in [6, 6.07) is 0. The van der Waals surface area contributed by atoms with Gasteiger partial charge in [0.25, 0.3) is 5.91 Å². The van der Waals surface area contributed by atoms with Crippen molar-refractivity contribution in [2.75, 3.05) is 24.3 Å². The largest absolute Gasteiger partial charge is 0.325 e. The van der Waals surface area contributed by atoms with E-state index in [2.05, 4.69) is 4.98 Å². The first-order valence-corrected chi connectivity index (χ1v) is 9.64. The molecule has 1 aliphatic rings. The number of carbonyl (C=O) groups is 1. The van der Waals surface area contributed by atoms with Crippen LogP contribution < -0.4 is 5.73 Å². The predicted molar refractivity (Wildman–Crippen MR) is 77.0 cm³/mol. The van der Waals surface area contributed by atoms with Gasteiger partial charge in [0.2, 0.25) is 0 Å². The summed E-state index contributed by atoms with van der Waals surface area (Å²) in [6.07, 6.45) is 1.16. The molecule has 19 heavy (non-hydrogen) atoms. The van der Waals surface area contributed by atoms with Crippen molar-refractivity contribution in [2.45, 2.75) is 11.9 Å². The SMILES string of the molecule is CS(=O)(=O)C1CSCCN1C(=O)c1csc(CN)n1. The summed E-state index contributed by atoms with van der Waals surface area (Å²) in [5.41, 5.74) is 5.75. The van der Waals surface area contributed by atoms with Crippen LogP contribution in [0.5, 0.6) is 0 Å². The Morgan fingerprint density at radius 3 is 2.95 bits per heavy atom. The Labute approximate surface area is 120 Å². The summed E-state index contributed by atoms with van der Waals surface area (Å²) < 4.78 is 23.5. The third kappa shape index (κ3) is 3.28. The highest BCUT2D eigenvalue weighted by molar-refractivity contribution is 8.00. The zero-order chi connectivity index (χ0) is 14.0. The number of hydrogen-bond acceptors (Lipinski definition) is 7. The maximum absolute atomic E-state index is 12.3. The molecular weight excluding hydrogens is 306 g/mol. The fourth-order valence-electron chi connectivity index (χ4n) is 1.82. The molecule has 1 amide bonds. The molecule has 0 aromatic carbocycles. The molecule has 0 saturated carbocycles. The Hall–Kier alpha value is -0.640. The van der Waals surface area contributed by atoms with Gasteiger partial charge in [-0.2, -0.15) is 11.8 Å². The number of sulfone groups is 1. The lowest BCUT2D eigenvalue weighted by atomic mass is 10.4. The highest BCUT2D eigenvalue weighted by Crippen LogP contribution is 2.23. The Balaban J connectivity index is 2.25. The first-order valence-electron chi connectivity index (χ1n) is 5.65. The third-order valence-electron chi connectivity index (χ3n) is 2.79. The monoisotopic (exact) mass is 321 g/mol. The maximum Gasteiger partial charge on any atom is 0.274 e. The van der Waals surface area contributed by atoms with Crippen molar-refractivity contribution in [2.24, 2.45) is 5.73 Å². The normalized spacial score (nSPS) is 20.5. The first kappa shape index (κ1) is 14.8. The quantitative estimate of drug-likeness (QED) is 0.852. The van der Waals surface area contributed by atoms with Crippen molar-refractivity contribution in [1.82, 2.24) is 9.88 Å². The van der Waals surface area contributed by atoms with E-state index in [0.29, 0.717) is 17.3 Å². The summed E-state index contributed by atoms with van der Waals surface area (Å²) in [6.45, 7) is 0.708. The molecule has 106 valence electrons. The zero-order valence-corrected chi connectivity index (χ0v) is 12.9. The van der Waals surface area contributed by atoms with Crippen molar-refractivity contribution in [3.63, 3.8) is 0 Å². The summed E-state index contributed by atoms with van der Waals surface area (Å²) in [5.74, 6) is 0.830. The van der Waals surface area contributed by atoms with E-state index in [1.165, 1.54) is 16.2 Å². The first-order chi connectivity index (χ1) is 8.93. The van der Waals surface area contributed by atoms with Crippen molar-refractivity contribution < 1.29 is 13.2 Å². The molecule has 0 radical (unpaired) electrons. The molecule has 2 heterocycles. The van der Waals surface area contributed by atoms with Crippen LogP contribution in [0.25, 0.3) is 0 Å². The van der Waals surface area contributed by atoms with Gasteiger partial charge < -0.3 is 10.6 Å². The van der Waals surface area contributed by atoms with Crippen LogP contribution in [-0.2, 0) is 16.4 Å². The number of aromatic nitrogens is 1. The lowest BCUT2D eigenvalue weighted by molar-refractivity contribution is 0.0744. The minimum atomic E-state index is -3.29. The van der Waals surface area contributed by atoms with Gasteiger partial charge in [-0.1, -0.05) is 0 Å². The molecule has 0 aliphatic carbocycles. The molecule has 6 nitrogen and oxygen atoms in total. The molecule has 1 fully saturated rings. The van der Waals surface area contributed by atoms with E-state index in [0.717, 1.165) is 12.0 Å². The van der Waals surface area contributed by atoms with Crippen LogP contribution in [0.15, 0.2) is 5.38 Å². The molecule has 1 saturated heterocycles. The molecule has 2 rings (SSSR count). The molecule has 1 aromatic rings. The van der Waals surface area contributed by atoms with Gasteiger partial charge in [-0.15, -0.1) is 11.3 Å². The van der Waals surface area contributed by atoms with E-state index < -0.39 is 15.2 Å². The Kier molecular flexibility index (Phi) is 4.49. The van der Waals surface area contributed by atoms with Crippen LogP contribution in [0.2, 0.25) is 0 Å². The number of carbonyl (C=O) groups excluding carboxylic acids is 1. The van der Waals surface area contributed by atoms with E-state index in [9.17, 15) is 13.2 Å². The summed E-state index contributed by atoms with van der Waals surface area (Å²) in [5, 5.41) is 1.54. The molecule has 1 unspecified atom stereocenters. The summed E-state index contributed by atoms with van der Waals surface area (Å²) in [7, 11) is -3.29. The van der Waals surface area contributed by atoms with Gasteiger partial charge >= 0.3 is 0 Å². The fraction of sp³-hybridized carbons (Fsp3) is 0.600. The summed E-state index contributed by atoms with van der Waals surface area (Å²) >= 11 is 2.86. The van der Waals surface area contributed by atoms with E-state index in [4.69, 9.17) is 5.73 Å². The molecule has 1 atom stereocenters. The van der Waals surface area contributed by atoms with Crippen LogP contribution in [0.3, 0.4) is 0 Å². The maximum atomic E-state index is 12.3. The van der Waals surface area contributed by atoms with Crippen LogP contribution in [0.4, 0.5) is 0 Å². The second-order valence-corrected chi connectivity index (χ2v) is 8.48. The van der Waals surface area contributed by atoms with Crippen molar-refractivity contribution in [3.8, 4) is 0 Å². The van der Waals surface area contributed by atoms with Crippen molar-refractivity contribution >= 4 is 38.8 Å². The van der Waals surface area contributed by atoms with Gasteiger partial charge in [0.15, 0.2) is 9.84 Å². The lowest BCUT2D eigenvalue weighted by Crippen LogP contribution is -2.50. The topological polar surface area (TPSA) is 93.4 Å². The number of nitrogens with two attached hydrogens (primary N) is 1. The van der Waals surface area contributed by atoms with Crippen molar-refractivity contribution in [3.05, 3.63) is 16.1 Å². The second-order valence-electron chi connectivity index (χ2n) is 4.19. The number of hydrogen-bond donors (Lipinski definition) is 1. The van der Waals surface area contributed by atoms with Gasteiger partial charge in [-0.3, -0.25) is 4.79 Å². The smallest absolute Gasteiger partial charge is 0.274 e. The van der Waals surface area contributed by atoms with Gasteiger partial charge in [-0.05, 0) is 0 Å². The Morgan fingerprint density at radius 2 is 2.37 bits per heavy atom. The number of amides is 1. The van der Waals surface area contributed by atoms with E-state index in [-0.39, 0.29) is 18.1 Å². The minimum Gasteiger partial charge on any atom is -0.325 e. The zero-order valence-electron chi connectivity index (χ0n) is 10.4.